The topological polar surface area (TPSA) is 125 Å². The van der Waals surface area contributed by atoms with Crippen LogP contribution in [-0.2, 0) is 37.5 Å². The van der Waals surface area contributed by atoms with E-state index in [1.165, 1.54) is 28.6 Å². The van der Waals surface area contributed by atoms with E-state index in [2.05, 4.69) is 0 Å². The summed E-state index contributed by atoms with van der Waals surface area (Å²) in [6.07, 6.45) is 0.887. The molecular weight excluding hydrogens is 459 g/mol. The Kier molecular flexibility index (Phi) is 6.58. The number of hydrogen-bond acceptors (Lipinski definition) is 8. The molecule has 0 aromatic heterocycles. The van der Waals surface area contributed by atoms with Crippen LogP contribution < -0.4 is 4.74 Å². The maximum absolute atomic E-state index is 13.2. The third-order valence-electron chi connectivity index (χ3n) is 5.52. The molecule has 1 unspecified atom stereocenters. The van der Waals surface area contributed by atoms with Crippen LogP contribution in [0.3, 0.4) is 0 Å². The molecular formula is C21H21FN2O8S. The largest absolute Gasteiger partial charge is 0.467 e. The number of benzene rings is 2. The zero-order valence-electron chi connectivity index (χ0n) is 17.4. The summed E-state index contributed by atoms with van der Waals surface area (Å²) in [5.41, 5.74) is 0.640. The van der Waals surface area contributed by atoms with Gasteiger partial charge in [-0.25, -0.2) is 12.8 Å². The van der Waals surface area contributed by atoms with Crippen LogP contribution in [0.5, 0.6) is 5.75 Å². The fourth-order valence-corrected chi connectivity index (χ4v) is 5.39. The van der Waals surface area contributed by atoms with E-state index in [0.717, 1.165) is 12.1 Å². The molecule has 0 bridgehead atoms. The molecule has 1 fully saturated rings. The van der Waals surface area contributed by atoms with Gasteiger partial charge in [0.05, 0.1) is 22.3 Å². The van der Waals surface area contributed by atoms with Crippen LogP contribution >= 0.6 is 0 Å². The van der Waals surface area contributed by atoms with Gasteiger partial charge in [-0.05, 0) is 37.1 Å². The average molecular weight is 480 g/mol. The lowest BCUT2D eigenvalue weighted by molar-refractivity contribution is -0.385. The van der Waals surface area contributed by atoms with Gasteiger partial charge in [-0.15, -0.1) is 0 Å². The fourth-order valence-electron chi connectivity index (χ4n) is 3.87. The van der Waals surface area contributed by atoms with Crippen molar-refractivity contribution in [3.63, 3.8) is 0 Å². The highest BCUT2D eigenvalue weighted by Crippen LogP contribution is 2.33. The highest BCUT2D eigenvalue weighted by Gasteiger charge is 2.34. The summed E-state index contributed by atoms with van der Waals surface area (Å²) in [6, 6.07) is 7.12. The summed E-state index contributed by atoms with van der Waals surface area (Å²) in [7, 11) is -3.89. The summed E-state index contributed by atoms with van der Waals surface area (Å²) in [5.74, 6) is -1.48. The van der Waals surface area contributed by atoms with Gasteiger partial charge in [0.25, 0.3) is 5.69 Å². The molecule has 0 aliphatic carbocycles. The van der Waals surface area contributed by atoms with Crippen molar-refractivity contribution in [3.05, 3.63) is 63.5 Å². The predicted octanol–water partition coefficient (Wildman–Crippen LogP) is 2.74. The number of sulfonamides is 1. The van der Waals surface area contributed by atoms with Crippen LogP contribution in [0.2, 0.25) is 0 Å². The van der Waals surface area contributed by atoms with Crippen molar-refractivity contribution in [1.29, 1.82) is 0 Å². The minimum atomic E-state index is -3.89. The third-order valence-corrected chi connectivity index (χ3v) is 7.40. The first kappa shape index (κ1) is 23.1. The van der Waals surface area contributed by atoms with Gasteiger partial charge in [0.2, 0.25) is 10.0 Å². The van der Waals surface area contributed by atoms with E-state index in [9.17, 15) is 27.7 Å². The molecule has 0 spiro atoms. The second kappa shape index (κ2) is 9.41. The Hall–Kier alpha value is -3.09. The Morgan fingerprint density at radius 3 is 2.76 bits per heavy atom. The number of nitrogens with zero attached hydrogens (tertiary/aromatic N) is 2. The van der Waals surface area contributed by atoms with Crippen molar-refractivity contribution in [3.8, 4) is 5.75 Å². The van der Waals surface area contributed by atoms with Crippen molar-refractivity contribution >= 4 is 21.7 Å². The molecule has 176 valence electrons. The van der Waals surface area contributed by atoms with Crippen molar-refractivity contribution in [2.24, 2.45) is 5.92 Å². The maximum atomic E-state index is 13.2. The van der Waals surface area contributed by atoms with Gasteiger partial charge >= 0.3 is 5.97 Å². The quantitative estimate of drug-likeness (QED) is 0.351. The molecule has 1 atom stereocenters. The lowest BCUT2D eigenvalue weighted by Crippen LogP contribution is -2.42. The number of nitro groups is 1. The van der Waals surface area contributed by atoms with E-state index in [1.807, 2.05) is 0 Å². The fraction of sp³-hybridized carbons (Fsp3) is 0.381. The van der Waals surface area contributed by atoms with Gasteiger partial charge in [-0.2, -0.15) is 4.31 Å². The van der Waals surface area contributed by atoms with Gasteiger partial charge in [0.1, 0.15) is 18.2 Å². The van der Waals surface area contributed by atoms with Crippen LogP contribution in [-0.4, -0.2) is 43.5 Å². The number of ether oxygens (including phenoxy) is 3. The van der Waals surface area contributed by atoms with E-state index < -0.39 is 32.7 Å². The maximum Gasteiger partial charge on any atom is 0.310 e. The van der Waals surface area contributed by atoms with Crippen molar-refractivity contribution < 1.29 is 36.7 Å². The van der Waals surface area contributed by atoms with Gasteiger partial charge in [0, 0.05) is 36.3 Å². The van der Waals surface area contributed by atoms with E-state index in [-0.39, 0.29) is 43.7 Å². The van der Waals surface area contributed by atoms with Crippen molar-refractivity contribution in [2.75, 3.05) is 19.9 Å². The summed E-state index contributed by atoms with van der Waals surface area (Å²) in [6.45, 7) is 0.0110. The van der Waals surface area contributed by atoms with Crippen LogP contribution in [0.15, 0.2) is 41.3 Å². The number of carbonyl (C=O) groups is 1. The SMILES string of the molecule is O=C(OCc1cc([N+](=O)[O-])cc2c1OCOC2)C1CCCN(S(=O)(=O)c2ccc(F)cc2)C1. The number of piperidine rings is 1. The molecule has 2 aliphatic rings. The second-order valence-corrected chi connectivity index (χ2v) is 9.66. The van der Waals surface area contributed by atoms with Gasteiger partial charge in [0.15, 0.2) is 6.79 Å². The standard InChI is InChI=1S/C21H21FN2O8S/c22-17-3-5-19(6-4-17)33(28,29)23-7-1-2-14(10-23)21(25)31-12-16-9-18(24(26)27)8-15-11-30-13-32-20(15)16/h3-6,8-9,14H,1-2,7,10-13H2. The molecule has 10 nitrogen and oxygen atoms in total. The summed E-state index contributed by atoms with van der Waals surface area (Å²) in [4.78, 5) is 23.3. The Bertz CT molecular complexity index is 1170. The zero-order valence-corrected chi connectivity index (χ0v) is 18.3. The summed E-state index contributed by atoms with van der Waals surface area (Å²) < 4.78 is 56.1. The number of esters is 1. The minimum Gasteiger partial charge on any atom is -0.467 e. The average Bonchev–Trinajstić information content (AvgIpc) is 2.82. The number of nitro benzene ring substituents is 1. The van der Waals surface area contributed by atoms with Gasteiger partial charge in [-0.1, -0.05) is 0 Å². The zero-order chi connectivity index (χ0) is 23.6. The Labute approximate surface area is 189 Å². The van der Waals surface area contributed by atoms with Gasteiger partial charge in [-0.3, -0.25) is 14.9 Å². The first-order valence-corrected chi connectivity index (χ1v) is 11.6. The molecule has 0 N–H and O–H groups in total. The Morgan fingerprint density at radius 1 is 1.27 bits per heavy atom. The third kappa shape index (κ3) is 4.97. The number of fused-ring (bicyclic) bond motifs is 1. The molecule has 0 saturated carbocycles. The monoisotopic (exact) mass is 480 g/mol. The summed E-state index contributed by atoms with van der Waals surface area (Å²) in [5, 5.41) is 11.2. The molecule has 2 aromatic carbocycles. The summed E-state index contributed by atoms with van der Waals surface area (Å²) >= 11 is 0. The molecule has 0 radical (unpaired) electrons. The number of carbonyl (C=O) groups excluding carboxylic acids is 1. The van der Waals surface area contributed by atoms with E-state index >= 15 is 0 Å². The molecule has 0 amide bonds. The van der Waals surface area contributed by atoms with Crippen LogP contribution in [0.25, 0.3) is 0 Å². The van der Waals surface area contributed by atoms with Crippen LogP contribution in [0.4, 0.5) is 10.1 Å². The lowest BCUT2D eigenvalue weighted by Gasteiger charge is -2.30. The number of hydrogen-bond donors (Lipinski definition) is 0. The Balaban J connectivity index is 1.45. The Morgan fingerprint density at radius 2 is 2.03 bits per heavy atom. The van der Waals surface area contributed by atoms with Crippen LogP contribution in [0, 0.1) is 21.8 Å². The van der Waals surface area contributed by atoms with E-state index in [0.29, 0.717) is 29.7 Å². The second-order valence-electron chi connectivity index (χ2n) is 7.72. The van der Waals surface area contributed by atoms with E-state index in [4.69, 9.17) is 14.2 Å². The first-order chi connectivity index (χ1) is 15.8. The number of rotatable bonds is 6. The highest BCUT2D eigenvalue weighted by molar-refractivity contribution is 7.89. The van der Waals surface area contributed by atoms with Crippen molar-refractivity contribution in [1.82, 2.24) is 4.31 Å². The molecule has 2 aliphatic heterocycles. The molecule has 2 aromatic rings. The first-order valence-electron chi connectivity index (χ1n) is 10.2. The molecule has 33 heavy (non-hydrogen) atoms. The molecule has 2 heterocycles. The number of non-ortho nitro benzene ring substituents is 1. The highest BCUT2D eigenvalue weighted by atomic mass is 32.2. The van der Waals surface area contributed by atoms with Gasteiger partial charge < -0.3 is 14.2 Å². The molecule has 4 rings (SSSR count). The van der Waals surface area contributed by atoms with Crippen molar-refractivity contribution in [2.45, 2.75) is 31.0 Å². The smallest absolute Gasteiger partial charge is 0.310 e. The minimum absolute atomic E-state index is 0.0232. The molecule has 1 saturated heterocycles. The van der Waals surface area contributed by atoms with E-state index in [1.54, 1.807) is 0 Å². The molecule has 12 heteroatoms. The normalized spacial score (nSPS) is 18.8. The predicted molar refractivity (Wildman–Crippen MR) is 111 cm³/mol. The number of halogens is 1. The lowest BCUT2D eigenvalue weighted by atomic mass is 10.00. The van der Waals surface area contributed by atoms with Crippen LogP contribution in [0.1, 0.15) is 24.0 Å².